The molecule has 1 aliphatic rings. The van der Waals surface area contributed by atoms with E-state index in [1.54, 1.807) is 6.20 Å². The van der Waals surface area contributed by atoms with Crippen LogP contribution in [0.5, 0.6) is 0 Å². The van der Waals surface area contributed by atoms with E-state index in [1.165, 1.54) is 0 Å². The molecule has 0 bridgehead atoms. The lowest BCUT2D eigenvalue weighted by atomic mass is 10.1. The van der Waals surface area contributed by atoms with Gasteiger partial charge in [0, 0.05) is 18.8 Å². The van der Waals surface area contributed by atoms with E-state index in [4.69, 9.17) is 0 Å². The zero-order valence-corrected chi connectivity index (χ0v) is 11.1. The molecule has 1 aromatic heterocycles. The maximum atomic E-state index is 11.7. The lowest BCUT2D eigenvalue weighted by Gasteiger charge is -2.10. The Bertz CT molecular complexity index is 398. The van der Waals surface area contributed by atoms with E-state index in [9.17, 15) is 4.79 Å². The number of anilines is 1. The normalized spacial score (nSPS) is 16.1. The Labute approximate surface area is 108 Å². The highest BCUT2D eigenvalue weighted by molar-refractivity contribution is 5.94. The molecular formula is C14H21N3O. The molecule has 0 spiro atoms. The van der Waals surface area contributed by atoms with Gasteiger partial charge in [0.15, 0.2) is 0 Å². The number of rotatable bonds is 6. The Morgan fingerprint density at radius 3 is 2.83 bits per heavy atom. The first kappa shape index (κ1) is 12.9. The Hall–Kier alpha value is -1.58. The second-order valence-corrected chi connectivity index (χ2v) is 5.07. The number of nitrogens with zero attached hydrogens (tertiary/aromatic N) is 1. The first-order chi connectivity index (χ1) is 8.69. The van der Waals surface area contributed by atoms with E-state index in [1.807, 2.05) is 12.1 Å². The molecule has 4 nitrogen and oxygen atoms in total. The molecule has 0 aromatic carbocycles. The van der Waals surface area contributed by atoms with Crippen molar-refractivity contribution in [3.8, 4) is 0 Å². The molecule has 98 valence electrons. The van der Waals surface area contributed by atoms with E-state index in [2.05, 4.69) is 29.5 Å². The summed E-state index contributed by atoms with van der Waals surface area (Å²) < 4.78 is 0. The number of carbonyl (C=O) groups excluding carboxylic acids is 1. The Morgan fingerprint density at radius 1 is 1.50 bits per heavy atom. The van der Waals surface area contributed by atoms with Crippen molar-refractivity contribution in [2.45, 2.75) is 39.2 Å². The average molecular weight is 247 g/mol. The van der Waals surface area contributed by atoms with Crippen LogP contribution in [0.4, 0.5) is 5.82 Å². The van der Waals surface area contributed by atoms with Gasteiger partial charge in [-0.15, -0.1) is 0 Å². The Balaban J connectivity index is 1.86. The lowest BCUT2D eigenvalue weighted by Crippen LogP contribution is -2.25. The summed E-state index contributed by atoms with van der Waals surface area (Å²) in [5.41, 5.74) is 0.635. The molecule has 1 atom stereocenters. The van der Waals surface area contributed by atoms with Gasteiger partial charge in [0.2, 0.25) is 0 Å². The van der Waals surface area contributed by atoms with Crippen LogP contribution in [0.2, 0.25) is 0 Å². The van der Waals surface area contributed by atoms with Gasteiger partial charge < -0.3 is 10.6 Å². The van der Waals surface area contributed by atoms with Crippen molar-refractivity contribution >= 4 is 11.7 Å². The smallest absolute Gasteiger partial charge is 0.253 e. The highest BCUT2D eigenvalue weighted by atomic mass is 16.1. The van der Waals surface area contributed by atoms with Gasteiger partial charge in [-0.1, -0.05) is 20.3 Å². The molecule has 0 radical (unpaired) electrons. The van der Waals surface area contributed by atoms with Crippen LogP contribution >= 0.6 is 0 Å². The highest BCUT2D eigenvalue weighted by Gasteiger charge is 2.23. The number of nitrogens with one attached hydrogen (secondary N) is 2. The van der Waals surface area contributed by atoms with Crippen molar-refractivity contribution < 1.29 is 4.79 Å². The molecule has 1 saturated carbocycles. The number of hydrogen-bond donors (Lipinski definition) is 2. The van der Waals surface area contributed by atoms with Gasteiger partial charge in [0.1, 0.15) is 5.82 Å². The van der Waals surface area contributed by atoms with Crippen molar-refractivity contribution in [2.24, 2.45) is 5.92 Å². The zero-order valence-electron chi connectivity index (χ0n) is 11.1. The summed E-state index contributed by atoms with van der Waals surface area (Å²) in [6.45, 7) is 5.28. The molecule has 0 unspecified atom stereocenters. The third kappa shape index (κ3) is 3.72. The summed E-state index contributed by atoms with van der Waals surface area (Å²) in [7, 11) is 0. The van der Waals surface area contributed by atoms with Gasteiger partial charge >= 0.3 is 0 Å². The van der Waals surface area contributed by atoms with Crippen molar-refractivity contribution in [1.29, 1.82) is 0 Å². The van der Waals surface area contributed by atoms with E-state index in [-0.39, 0.29) is 5.91 Å². The number of hydrogen-bond acceptors (Lipinski definition) is 3. The largest absolute Gasteiger partial charge is 0.370 e. The Kier molecular flexibility index (Phi) is 4.18. The van der Waals surface area contributed by atoms with E-state index < -0.39 is 0 Å². The predicted octanol–water partition coefficient (Wildman–Crippen LogP) is 2.43. The summed E-state index contributed by atoms with van der Waals surface area (Å²) in [5, 5.41) is 6.22. The fourth-order valence-electron chi connectivity index (χ4n) is 1.55. The van der Waals surface area contributed by atoms with Crippen molar-refractivity contribution in [3.05, 3.63) is 23.9 Å². The van der Waals surface area contributed by atoms with E-state index in [0.29, 0.717) is 17.5 Å². The minimum absolute atomic E-state index is 0.0153. The number of amides is 1. The molecule has 1 aliphatic carbocycles. The van der Waals surface area contributed by atoms with Crippen LogP contribution < -0.4 is 10.6 Å². The van der Waals surface area contributed by atoms with E-state index in [0.717, 1.165) is 31.6 Å². The van der Waals surface area contributed by atoms with Crippen LogP contribution in [0.1, 0.15) is 43.5 Å². The minimum Gasteiger partial charge on any atom is -0.370 e. The van der Waals surface area contributed by atoms with Crippen molar-refractivity contribution in [3.63, 3.8) is 0 Å². The maximum absolute atomic E-state index is 11.7. The second kappa shape index (κ2) is 5.85. The number of aromatic nitrogens is 1. The molecule has 1 aromatic rings. The van der Waals surface area contributed by atoms with Crippen LogP contribution in [0, 0.1) is 5.92 Å². The first-order valence-electron chi connectivity index (χ1n) is 6.69. The number of pyridine rings is 1. The van der Waals surface area contributed by atoms with Crippen LogP contribution in [0.25, 0.3) is 0 Å². The monoisotopic (exact) mass is 247 g/mol. The third-order valence-electron chi connectivity index (χ3n) is 3.27. The highest BCUT2D eigenvalue weighted by Crippen LogP contribution is 2.19. The van der Waals surface area contributed by atoms with Gasteiger partial charge in [-0.05, 0) is 30.9 Å². The standard InChI is InChI=1S/C14H21N3O/c1-3-10(2)8-15-13-7-4-11(9-16-13)14(18)17-12-5-6-12/h4,7,9-10,12H,3,5-6,8H2,1-2H3,(H,15,16)(H,17,18)/t10-/m0/s1. The predicted molar refractivity (Wildman–Crippen MR) is 72.7 cm³/mol. The van der Waals surface area contributed by atoms with Gasteiger partial charge in [0.25, 0.3) is 5.91 Å². The molecule has 1 heterocycles. The van der Waals surface area contributed by atoms with Gasteiger partial charge in [-0.25, -0.2) is 4.98 Å². The fourth-order valence-corrected chi connectivity index (χ4v) is 1.55. The quantitative estimate of drug-likeness (QED) is 0.811. The topological polar surface area (TPSA) is 54.0 Å². The molecule has 0 aliphatic heterocycles. The maximum Gasteiger partial charge on any atom is 0.253 e. The van der Waals surface area contributed by atoms with Crippen LogP contribution in [0.3, 0.4) is 0 Å². The van der Waals surface area contributed by atoms with Crippen molar-refractivity contribution in [1.82, 2.24) is 10.3 Å². The molecule has 2 N–H and O–H groups in total. The van der Waals surface area contributed by atoms with Gasteiger partial charge in [-0.3, -0.25) is 4.79 Å². The molecule has 18 heavy (non-hydrogen) atoms. The molecule has 1 fully saturated rings. The van der Waals surface area contributed by atoms with Gasteiger partial charge in [0.05, 0.1) is 5.56 Å². The van der Waals surface area contributed by atoms with Crippen LogP contribution in [0.15, 0.2) is 18.3 Å². The van der Waals surface area contributed by atoms with Crippen LogP contribution in [-0.4, -0.2) is 23.5 Å². The summed E-state index contributed by atoms with van der Waals surface area (Å²) in [6.07, 6.45) is 4.99. The number of carbonyl (C=O) groups is 1. The summed E-state index contributed by atoms with van der Waals surface area (Å²) >= 11 is 0. The summed E-state index contributed by atoms with van der Waals surface area (Å²) in [5.74, 6) is 1.45. The third-order valence-corrected chi connectivity index (χ3v) is 3.27. The first-order valence-corrected chi connectivity index (χ1v) is 6.69. The summed E-state index contributed by atoms with van der Waals surface area (Å²) in [6, 6.07) is 4.08. The molecule has 2 rings (SSSR count). The molecule has 4 heteroatoms. The molecule has 0 saturated heterocycles. The van der Waals surface area contributed by atoms with Gasteiger partial charge in [-0.2, -0.15) is 0 Å². The zero-order chi connectivity index (χ0) is 13.0. The average Bonchev–Trinajstić information content (AvgIpc) is 3.20. The SMILES string of the molecule is CC[C@H](C)CNc1ccc(C(=O)NC2CC2)cn1. The molecular weight excluding hydrogens is 226 g/mol. The molecule has 1 amide bonds. The van der Waals surface area contributed by atoms with Crippen LogP contribution in [-0.2, 0) is 0 Å². The summed E-state index contributed by atoms with van der Waals surface area (Å²) in [4.78, 5) is 16.0. The second-order valence-electron chi connectivity index (χ2n) is 5.07. The lowest BCUT2D eigenvalue weighted by molar-refractivity contribution is 0.0951. The minimum atomic E-state index is -0.0153. The van der Waals surface area contributed by atoms with E-state index >= 15 is 0 Å². The van der Waals surface area contributed by atoms with Crippen molar-refractivity contribution in [2.75, 3.05) is 11.9 Å². The Morgan fingerprint density at radius 2 is 2.28 bits per heavy atom. The fraction of sp³-hybridized carbons (Fsp3) is 0.571.